The molecule has 0 atom stereocenters. The number of rotatable bonds is 4. The van der Waals surface area contributed by atoms with Gasteiger partial charge in [-0.05, 0) is 19.9 Å². The summed E-state index contributed by atoms with van der Waals surface area (Å²) >= 11 is 0. The number of hydrogen-bond donors (Lipinski definition) is 0. The topological polar surface area (TPSA) is 60.2 Å². The van der Waals surface area contributed by atoms with Crippen LogP contribution in [0.5, 0.6) is 0 Å². The van der Waals surface area contributed by atoms with E-state index >= 15 is 0 Å². The van der Waals surface area contributed by atoms with Crippen LogP contribution in [0.25, 0.3) is 0 Å². The Balaban J connectivity index is 2.29. The third-order valence-corrected chi connectivity index (χ3v) is 3.16. The number of Topliss-reactive ketones (excluding diaryl/α,β-unsaturated/α-hetero) is 1. The van der Waals surface area contributed by atoms with Gasteiger partial charge in [-0.3, -0.25) is 14.9 Å². The molecule has 2 aromatic rings. The standard InChI is InChI=1S/C16H15NO3/c1-11-3-6-13(7-4-11)16(18)10-14-9-12(2)5-8-15(14)17(19)20/h3-9H,10H2,1-2H3. The first-order valence-corrected chi connectivity index (χ1v) is 6.31. The maximum Gasteiger partial charge on any atom is 0.273 e. The van der Waals surface area contributed by atoms with Gasteiger partial charge < -0.3 is 0 Å². The van der Waals surface area contributed by atoms with Crippen LogP contribution in [0.2, 0.25) is 0 Å². The number of ketones is 1. The van der Waals surface area contributed by atoms with Gasteiger partial charge in [0.15, 0.2) is 5.78 Å². The van der Waals surface area contributed by atoms with Crippen molar-refractivity contribution in [3.8, 4) is 0 Å². The van der Waals surface area contributed by atoms with Crippen molar-refractivity contribution in [3.05, 3.63) is 74.8 Å². The van der Waals surface area contributed by atoms with E-state index in [0.717, 1.165) is 11.1 Å². The fourth-order valence-electron chi connectivity index (χ4n) is 2.05. The van der Waals surface area contributed by atoms with Crippen molar-refractivity contribution in [3.63, 3.8) is 0 Å². The molecule has 0 fully saturated rings. The summed E-state index contributed by atoms with van der Waals surface area (Å²) in [4.78, 5) is 22.7. The second kappa shape index (κ2) is 5.65. The fraction of sp³-hybridized carbons (Fsp3) is 0.188. The van der Waals surface area contributed by atoms with Crippen molar-refractivity contribution >= 4 is 11.5 Å². The summed E-state index contributed by atoms with van der Waals surface area (Å²) in [5.74, 6) is -0.112. The first kappa shape index (κ1) is 13.9. The highest BCUT2D eigenvalue weighted by atomic mass is 16.6. The number of aryl methyl sites for hydroxylation is 2. The Kier molecular flexibility index (Phi) is 3.94. The van der Waals surface area contributed by atoms with E-state index < -0.39 is 4.92 Å². The number of hydrogen-bond acceptors (Lipinski definition) is 3. The molecule has 102 valence electrons. The molecule has 0 spiro atoms. The van der Waals surface area contributed by atoms with Gasteiger partial charge in [0.2, 0.25) is 0 Å². The molecule has 0 aromatic heterocycles. The molecule has 0 saturated heterocycles. The summed E-state index contributed by atoms with van der Waals surface area (Å²) in [7, 11) is 0. The predicted molar refractivity (Wildman–Crippen MR) is 77.0 cm³/mol. The summed E-state index contributed by atoms with van der Waals surface area (Å²) in [5.41, 5.74) is 3.01. The van der Waals surface area contributed by atoms with E-state index in [2.05, 4.69) is 0 Å². The average Bonchev–Trinajstić information content (AvgIpc) is 2.39. The van der Waals surface area contributed by atoms with E-state index in [9.17, 15) is 14.9 Å². The maximum atomic E-state index is 12.2. The van der Waals surface area contributed by atoms with Gasteiger partial charge >= 0.3 is 0 Å². The van der Waals surface area contributed by atoms with Crippen LogP contribution in [0.15, 0.2) is 42.5 Å². The fourth-order valence-corrected chi connectivity index (χ4v) is 2.05. The molecule has 2 aromatic carbocycles. The first-order chi connectivity index (χ1) is 9.47. The van der Waals surface area contributed by atoms with Crippen molar-refractivity contribution in [2.45, 2.75) is 20.3 Å². The van der Waals surface area contributed by atoms with Gasteiger partial charge in [0, 0.05) is 23.6 Å². The Labute approximate surface area is 117 Å². The Bertz CT molecular complexity index is 660. The van der Waals surface area contributed by atoms with Crippen LogP contribution in [0.1, 0.15) is 27.0 Å². The molecule has 0 radical (unpaired) electrons. The van der Waals surface area contributed by atoms with Crippen LogP contribution in [-0.2, 0) is 6.42 Å². The van der Waals surface area contributed by atoms with Gasteiger partial charge in [-0.1, -0.05) is 41.5 Å². The molecular weight excluding hydrogens is 254 g/mol. The summed E-state index contributed by atoms with van der Waals surface area (Å²) < 4.78 is 0. The zero-order chi connectivity index (χ0) is 14.7. The maximum absolute atomic E-state index is 12.2. The molecule has 0 unspecified atom stereocenters. The van der Waals surface area contributed by atoms with Crippen LogP contribution < -0.4 is 0 Å². The normalized spacial score (nSPS) is 10.3. The Hall–Kier alpha value is -2.49. The minimum atomic E-state index is -0.447. The predicted octanol–water partition coefficient (Wildman–Crippen LogP) is 3.64. The summed E-state index contributed by atoms with van der Waals surface area (Å²) in [6.07, 6.45) is 0.0427. The van der Waals surface area contributed by atoms with Crippen molar-refractivity contribution < 1.29 is 9.72 Å². The van der Waals surface area contributed by atoms with Crippen molar-refractivity contribution in [1.82, 2.24) is 0 Å². The second-order valence-electron chi connectivity index (χ2n) is 4.86. The minimum Gasteiger partial charge on any atom is -0.294 e. The van der Waals surface area contributed by atoms with Gasteiger partial charge in [-0.2, -0.15) is 0 Å². The quantitative estimate of drug-likeness (QED) is 0.483. The van der Waals surface area contributed by atoms with Gasteiger partial charge in [0.1, 0.15) is 0 Å². The monoisotopic (exact) mass is 269 g/mol. The second-order valence-corrected chi connectivity index (χ2v) is 4.86. The largest absolute Gasteiger partial charge is 0.294 e. The minimum absolute atomic E-state index is 0.00365. The Morgan fingerprint density at radius 1 is 1.05 bits per heavy atom. The third-order valence-electron chi connectivity index (χ3n) is 3.16. The van der Waals surface area contributed by atoms with E-state index in [0.29, 0.717) is 11.1 Å². The number of carbonyl (C=O) groups excluding carboxylic acids is 1. The molecule has 0 aliphatic heterocycles. The van der Waals surface area contributed by atoms with Crippen molar-refractivity contribution in [2.75, 3.05) is 0 Å². The molecule has 2 rings (SSSR count). The lowest BCUT2D eigenvalue weighted by Crippen LogP contribution is -2.06. The molecule has 0 bridgehead atoms. The average molecular weight is 269 g/mol. The molecule has 0 heterocycles. The summed E-state index contributed by atoms with van der Waals surface area (Å²) in [6, 6.07) is 12.0. The van der Waals surface area contributed by atoms with Gasteiger partial charge in [0.05, 0.1) is 4.92 Å². The molecule has 20 heavy (non-hydrogen) atoms. The van der Waals surface area contributed by atoms with Gasteiger partial charge in [0.25, 0.3) is 5.69 Å². The summed E-state index contributed by atoms with van der Waals surface area (Å²) in [5, 5.41) is 11.0. The highest BCUT2D eigenvalue weighted by Crippen LogP contribution is 2.21. The van der Waals surface area contributed by atoms with Crippen LogP contribution >= 0.6 is 0 Å². The van der Waals surface area contributed by atoms with Gasteiger partial charge in [-0.25, -0.2) is 0 Å². The van der Waals surface area contributed by atoms with Crippen LogP contribution in [0.3, 0.4) is 0 Å². The lowest BCUT2D eigenvalue weighted by molar-refractivity contribution is -0.385. The highest BCUT2D eigenvalue weighted by Gasteiger charge is 2.17. The van der Waals surface area contributed by atoms with E-state index in [1.807, 2.05) is 26.0 Å². The molecule has 4 heteroatoms. The van der Waals surface area contributed by atoms with Crippen LogP contribution in [0, 0.1) is 24.0 Å². The van der Waals surface area contributed by atoms with E-state index in [1.54, 1.807) is 24.3 Å². The molecule has 0 amide bonds. The number of nitro groups is 1. The lowest BCUT2D eigenvalue weighted by atomic mass is 9.99. The first-order valence-electron chi connectivity index (χ1n) is 6.31. The molecule has 0 aliphatic rings. The molecule has 4 nitrogen and oxygen atoms in total. The van der Waals surface area contributed by atoms with E-state index in [4.69, 9.17) is 0 Å². The number of nitrogens with zero attached hydrogens (tertiary/aromatic N) is 1. The third kappa shape index (κ3) is 3.09. The van der Waals surface area contributed by atoms with Crippen molar-refractivity contribution in [1.29, 1.82) is 0 Å². The number of nitro benzene ring substituents is 1. The lowest BCUT2D eigenvalue weighted by Gasteiger charge is -2.04. The molecule has 0 aliphatic carbocycles. The molecule has 0 saturated carbocycles. The number of benzene rings is 2. The SMILES string of the molecule is Cc1ccc(C(=O)Cc2cc(C)ccc2[N+](=O)[O-])cc1. The molecule has 0 N–H and O–H groups in total. The van der Waals surface area contributed by atoms with Crippen LogP contribution in [0.4, 0.5) is 5.69 Å². The zero-order valence-electron chi connectivity index (χ0n) is 11.4. The Morgan fingerprint density at radius 3 is 2.25 bits per heavy atom. The highest BCUT2D eigenvalue weighted by molar-refractivity contribution is 5.98. The molecular formula is C16H15NO3. The van der Waals surface area contributed by atoms with E-state index in [1.165, 1.54) is 6.07 Å². The van der Waals surface area contributed by atoms with Crippen LogP contribution in [-0.4, -0.2) is 10.7 Å². The van der Waals surface area contributed by atoms with Crippen molar-refractivity contribution in [2.24, 2.45) is 0 Å². The van der Waals surface area contributed by atoms with E-state index in [-0.39, 0.29) is 17.9 Å². The zero-order valence-corrected chi connectivity index (χ0v) is 11.4. The number of carbonyl (C=O) groups is 1. The smallest absolute Gasteiger partial charge is 0.273 e. The van der Waals surface area contributed by atoms with Gasteiger partial charge in [-0.15, -0.1) is 0 Å². The summed E-state index contributed by atoms with van der Waals surface area (Å²) in [6.45, 7) is 3.79. The Morgan fingerprint density at radius 2 is 1.65 bits per heavy atom.